The maximum absolute atomic E-state index is 12.0. The van der Waals surface area contributed by atoms with E-state index in [4.69, 9.17) is 0 Å². The van der Waals surface area contributed by atoms with E-state index in [1.807, 2.05) is 50.2 Å². The Balaban J connectivity index is 2.01. The molecule has 0 fully saturated rings. The van der Waals surface area contributed by atoms with Crippen molar-refractivity contribution >= 4 is 21.9 Å². The molecule has 0 saturated heterocycles. The second-order valence-corrected chi connectivity index (χ2v) is 6.96. The first kappa shape index (κ1) is 17.1. The van der Waals surface area contributed by atoms with Gasteiger partial charge in [0.25, 0.3) is 0 Å². The van der Waals surface area contributed by atoms with Crippen molar-refractivity contribution in [2.45, 2.75) is 13.5 Å². The molecule has 0 atom stereocenters. The molecular weight excluding hydrogens is 312 g/mol. The van der Waals surface area contributed by atoms with Crippen molar-refractivity contribution in [1.82, 2.24) is 14.7 Å². The molecule has 0 saturated carbocycles. The summed E-state index contributed by atoms with van der Waals surface area (Å²) in [4.78, 5) is 10.2. The average molecular weight is 332 g/mol. The molecule has 0 aliphatic heterocycles. The number of nitrogens with zero attached hydrogens (tertiary/aromatic N) is 3. The minimum atomic E-state index is -3.55. The van der Waals surface area contributed by atoms with Crippen LogP contribution in [0.1, 0.15) is 17.0 Å². The van der Waals surface area contributed by atoms with Gasteiger partial charge in [-0.15, -0.1) is 0 Å². The van der Waals surface area contributed by atoms with Gasteiger partial charge >= 0.3 is 0 Å². The first-order valence-electron chi connectivity index (χ1n) is 7.09. The summed E-state index contributed by atoms with van der Waals surface area (Å²) in [6.45, 7) is 2.02. The summed E-state index contributed by atoms with van der Waals surface area (Å²) in [6.07, 6.45) is 3.16. The van der Waals surface area contributed by atoms with Crippen LogP contribution >= 0.6 is 0 Å². The smallest absolute Gasteiger partial charge is 0.234 e. The van der Waals surface area contributed by atoms with Crippen molar-refractivity contribution in [2.75, 3.05) is 19.0 Å². The zero-order valence-electron chi connectivity index (χ0n) is 13.4. The van der Waals surface area contributed by atoms with Gasteiger partial charge in [-0.2, -0.15) is 0 Å². The van der Waals surface area contributed by atoms with E-state index in [9.17, 15) is 8.42 Å². The molecule has 23 heavy (non-hydrogen) atoms. The molecule has 0 aliphatic rings. The average Bonchev–Trinajstić information content (AvgIpc) is 2.53. The summed E-state index contributed by atoms with van der Waals surface area (Å²) in [5.41, 5.74) is 1.95. The number of hydrogen-bond donors (Lipinski definition) is 1. The van der Waals surface area contributed by atoms with E-state index in [1.54, 1.807) is 18.3 Å². The van der Waals surface area contributed by atoms with E-state index in [-0.39, 0.29) is 6.54 Å². The molecule has 0 amide bonds. The van der Waals surface area contributed by atoms with Crippen LogP contribution in [0.2, 0.25) is 0 Å². The Labute approximate surface area is 136 Å². The molecule has 0 radical (unpaired) electrons. The SMILES string of the molecule is Cc1ccc(/C=C/S(=O)(=O)NCc2nccc(N(C)C)n2)cc1. The van der Waals surface area contributed by atoms with Gasteiger partial charge in [-0.05, 0) is 24.6 Å². The molecule has 2 aromatic rings. The van der Waals surface area contributed by atoms with Crippen molar-refractivity contribution in [2.24, 2.45) is 0 Å². The molecule has 0 spiro atoms. The van der Waals surface area contributed by atoms with Crippen LogP contribution in [-0.2, 0) is 16.6 Å². The molecular formula is C16H20N4O2S. The van der Waals surface area contributed by atoms with E-state index in [0.29, 0.717) is 5.82 Å². The molecule has 0 unspecified atom stereocenters. The molecule has 6 nitrogen and oxygen atoms in total. The largest absolute Gasteiger partial charge is 0.363 e. The third-order valence-corrected chi connectivity index (χ3v) is 4.14. The van der Waals surface area contributed by atoms with Gasteiger partial charge in [-0.3, -0.25) is 0 Å². The quantitative estimate of drug-likeness (QED) is 0.875. The van der Waals surface area contributed by atoms with Crippen LogP contribution in [0.15, 0.2) is 41.9 Å². The van der Waals surface area contributed by atoms with Crippen molar-refractivity contribution in [3.63, 3.8) is 0 Å². The number of rotatable bonds is 6. The minimum Gasteiger partial charge on any atom is -0.363 e. The second-order valence-electron chi connectivity index (χ2n) is 5.31. The Morgan fingerprint density at radius 2 is 1.87 bits per heavy atom. The zero-order valence-corrected chi connectivity index (χ0v) is 14.2. The van der Waals surface area contributed by atoms with Crippen LogP contribution in [-0.4, -0.2) is 32.5 Å². The molecule has 1 N–H and O–H groups in total. The Morgan fingerprint density at radius 3 is 2.52 bits per heavy atom. The van der Waals surface area contributed by atoms with Gasteiger partial charge < -0.3 is 4.90 Å². The Morgan fingerprint density at radius 1 is 1.17 bits per heavy atom. The third-order valence-electron chi connectivity index (χ3n) is 3.10. The first-order valence-corrected chi connectivity index (χ1v) is 8.64. The number of anilines is 1. The fourth-order valence-corrected chi connectivity index (χ4v) is 2.54. The molecule has 122 valence electrons. The highest BCUT2D eigenvalue weighted by Gasteiger charge is 2.07. The first-order chi connectivity index (χ1) is 10.9. The fraction of sp³-hybridized carbons (Fsp3) is 0.250. The molecule has 0 aliphatic carbocycles. The van der Waals surface area contributed by atoms with Gasteiger partial charge in [0.05, 0.1) is 6.54 Å². The summed E-state index contributed by atoms with van der Waals surface area (Å²) in [5.74, 6) is 1.15. The summed E-state index contributed by atoms with van der Waals surface area (Å²) in [6, 6.07) is 9.35. The number of aromatic nitrogens is 2. The van der Waals surface area contributed by atoms with E-state index in [0.717, 1.165) is 22.4 Å². The fourth-order valence-electron chi connectivity index (χ4n) is 1.78. The van der Waals surface area contributed by atoms with Gasteiger partial charge in [-0.1, -0.05) is 29.8 Å². The third kappa shape index (κ3) is 5.46. The van der Waals surface area contributed by atoms with Crippen molar-refractivity contribution < 1.29 is 8.42 Å². The van der Waals surface area contributed by atoms with E-state index in [2.05, 4.69) is 14.7 Å². The van der Waals surface area contributed by atoms with Gasteiger partial charge in [0.1, 0.15) is 11.6 Å². The molecule has 2 rings (SSSR count). The number of hydrogen-bond acceptors (Lipinski definition) is 5. The lowest BCUT2D eigenvalue weighted by molar-refractivity contribution is 0.588. The highest BCUT2D eigenvalue weighted by Crippen LogP contribution is 2.07. The maximum atomic E-state index is 12.0. The van der Waals surface area contributed by atoms with Gasteiger partial charge in [-0.25, -0.2) is 23.1 Å². The van der Waals surface area contributed by atoms with E-state index < -0.39 is 10.0 Å². The summed E-state index contributed by atoms with van der Waals surface area (Å²) < 4.78 is 26.5. The normalized spacial score (nSPS) is 11.8. The van der Waals surface area contributed by atoms with E-state index >= 15 is 0 Å². The number of benzene rings is 1. The van der Waals surface area contributed by atoms with Crippen molar-refractivity contribution in [3.8, 4) is 0 Å². The summed E-state index contributed by atoms with van der Waals surface area (Å²) in [5, 5.41) is 1.15. The van der Waals surface area contributed by atoms with Crippen LogP contribution in [0.3, 0.4) is 0 Å². The summed E-state index contributed by atoms with van der Waals surface area (Å²) >= 11 is 0. The van der Waals surface area contributed by atoms with Crippen LogP contribution in [0.4, 0.5) is 5.82 Å². The Hall–Kier alpha value is -2.25. The zero-order chi connectivity index (χ0) is 16.9. The minimum absolute atomic E-state index is 0.0439. The molecule has 1 aromatic heterocycles. The topological polar surface area (TPSA) is 75.2 Å². The Kier molecular flexibility index (Phi) is 5.46. The lowest BCUT2D eigenvalue weighted by Gasteiger charge is -2.11. The standard InChI is InChI=1S/C16H20N4O2S/c1-13-4-6-14(7-5-13)9-11-23(21,22)18-12-15-17-10-8-16(19-15)20(2)3/h4-11,18H,12H2,1-3H3/b11-9+. The summed E-state index contributed by atoms with van der Waals surface area (Å²) in [7, 11) is 0.178. The van der Waals surface area contributed by atoms with Gasteiger partial charge in [0.15, 0.2) is 0 Å². The molecule has 0 bridgehead atoms. The Bertz CT molecular complexity index is 784. The second kappa shape index (κ2) is 7.34. The van der Waals surface area contributed by atoms with Gasteiger partial charge in [0.2, 0.25) is 10.0 Å². The van der Waals surface area contributed by atoms with Crippen LogP contribution in [0.5, 0.6) is 0 Å². The highest BCUT2D eigenvalue weighted by atomic mass is 32.2. The molecule has 7 heteroatoms. The van der Waals surface area contributed by atoms with Gasteiger partial charge in [0, 0.05) is 25.7 Å². The molecule has 1 heterocycles. The predicted molar refractivity (Wildman–Crippen MR) is 92.3 cm³/mol. The maximum Gasteiger partial charge on any atom is 0.234 e. The van der Waals surface area contributed by atoms with Crippen LogP contribution in [0.25, 0.3) is 6.08 Å². The number of sulfonamides is 1. The number of aryl methyl sites for hydroxylation is 1. The lowest BCUT2D eigenvalue weighted by atomic mass is 10.2. The lowest BCUT2D eigenvalue weighted by Crippen LogP contribution is -2.22. The van der Waals surface area contributed by atoms with Crippen molar-refractivity contribution in [3.05, 3.63) is 58.9 Å². The monoisotopic (exact) mass is 332 g/mol. The van der Waals surface area contributed by atoms with Crippen LogP contribution < -0.4 is 9.62 Å². The molecule has 1 aromatic carbocycles. The van der Waals surface area contributed by atoms with E-state index in [1.165, 1.54) is 0 Å². The number of nitrogens with one attached hydrogen (secondary N) is 1. The van der Waals surface area contributed by atoms with Crippen molar-refractivity contribution in [1.29, 1.82) is 0 Å². The van der Waals surface area contributed by atoms with Crippen LogP contribution in [0, 0.1) is 6.92 Å². The highest BCUT2D eigenvalue weighted by molar-refractivity contribution is 7.92. The predicted octanol–water partition coefficient (Wildman–Crippen LogP) is 1.94.